The number of unbranched alkanes of at least 4 members (excludes halogenated alkanes) is 6. The number of para-hydroxylation sites is 1. The molecule has 0 saturated heterocycles. The van der Waals surface area contributed by atoms with Crippen LogP contribution in [0.2, 0.25) is 0 Å². The molecule has 28 heavy (non-hydrogen) atoms. The maximum absolute atomic E-state index is 12.4. The van der Waals surface area contributed by atoms with E-state index in [4.69, 9.17) is 4.74 Å². The molecule has 0 radical (unpaired) electrons. The molecule has 2 rings (SSSR count). The Balaban J connectivity index is 0.00000392. The van der Waals surface area contributed by atoms with Crippen molar-refractivity contribution < 1.29 is 52.4 Å². The molecule has 148 valence electrons. The van der Waals surface area contributed by atoms with Gasteiger partial charge in [0, 0.05) is 6.07 Å². The van der Waals surface area contributed by atoms with Crippen molar-refractivity contribution in [2.75, 3.05) is 0 Å². The number of ether oxygens (including phenoxy) is 1. The van der Waals surface area contributed by atoms with Crippen molar-refractivity contribution in [3.8, 4) is 17.2 Å². The van der Waals surface area contributed by atoms with E-state index >= 15 is 0 Å². The average molecular weight is 414 g/mol. The first kappa shape index (κ1) is 25.0. The van der Waals surface area contributed by atoms with Gasteiger partial charge in [0.05, 0.1) is 4.90 Å². The molecule has 0 bridgehead atoms. The summed E-state index contributed by atoms with van der Waals surface area (Å²) in [7, 11) is -4.61. The van der Waals surface area contributed by atoms with Crippen molar-refractivity contribution in [1.82, 2.24) is 0 Å². The van der Waals surface area contributed by atoms with Crippen LogP contribution in [0, 0.1) is 0 Å². The topological polar surface area (TPSA) is 86.7 Å². The molecule has 5 nitrogen and oxygen atoms in total. The van der Waals surface area contributed by atoms with Gasteiger partial charge >= 0.3 is 29.6 Å². The Bertz CT molecular complexity index is 822. The first-order valence-electron chi connectivity index (χ1n) is 9.46. The molecule has 2 aromatic rings. The van der Waals surface area contributed by atoms with Gasteiger partial charge in [0.2, 0.25) is 0 Å². The molecule has 0 heterocycles. The summed E-state index contributed by atoms with van der Waals surface area (Å²) in [5.74, 6) is 0.106. The molecule has 2 aromatic carbocycles. The molecule has 0 saturated carbocycles. The van der Waals surface area contributed by atoms with E-state index in [0.717, 1.165) is 25.3 Å². The third kappa shape index (κ3) is 8.13. The number of benzene rings is 2. The van der Waals surface area contributed by atoms with Crippen LogP contribution in [-0.2, 0) is 16.5 Å². The van der Waals surface area contributed by atoms with Gasteiger partial charge in [-0.25, -0.2) is 0 Å². The van der Waals surface area contributed by atoms with E-state index in [0.29, 0.717) is 17.7 Å². The Morgan fingerprint density at radius 2 is 1.54 bits per heavy atom. The summed E-state index contributed by atoms with van der Waals surface area (Å²) in [6, 6.07) is 11.5. The number of aryl methyl sites for hydroxylation is 1. The average Bonchev–Trinajstić information content (AvgIpc) is 2.63. The molecule has 0 aromatic heterocycles. The smallest absolute Gasteiger partial charge is 0.871 e. The van der Waals surface area contributed by atoms with Gasteiger partial charge in [-0.3, -0.25) is 4.55 Å². The second-order valence-electron chi connectivity index (χ2n) is 6.67. The Morgan fingerprint density at radius 3 is 2.14 bits per heavy atom. The van der Waals surface area contributed by atoms with Crippen molar-refractivity contribution in [3.05, 3.63) is 48.0 Å². The number of hydrogen-bond acceptors (Lipinski definition) is 4. The Kier molecular flexibility index (Phi) is 11.2. The van der Waals surface area contributed by atoms with Crippen LogP contribution in [0.4, 0.5) is 0 Å². The van der Waals surface area contributed by atoms with Gasteiger partial charge in [0.15, 0.2) is 0 Å². The van der Waals surface area contributed by atoms with E-state index in [-0.39, 0.29) is 35.3 Å². The Hall–Kier alpha value is -1.05. The van der Waals surface area contributed by atoms with Gasteiger partial charge < -0.3 is 9.84 Å². The van der Waals surface area contributed by atoms with E-state index in [9.17, 15) is 18.1 Å². The quantitative estimate of drug-likeness (QED) is 0.346. The first-order chi connectivity index (χ1) is 12.9. The summed E-state index contributed by atoms with van der Waals surface area (Å²) in [6.07, 6.45) is 8.16. The van der Waals surface area contributed by atoms with E-state index in [2.05, 4.69) is 6.92 Å². The van der Waals surface area contributed by atoms with Crippen LogP contribution in [0.1, 0.15) is 57.4 Å². The minimum atomic E-state index is -4.61. The first-order valence-corrected chi connectivity index (χ1v) is 10.9. The Morgan fingerprint density at radius 1 is 0.929 bits per heavy atom. The zero-order valence-corrected chi connectivity index (χ0v) is 19.5. The molecule has 0 fully saturated rings. The van der Waals surface area contributed by atoms with Crippen molar-refractivity contribution >= 4 is 10.1 Å². The molecular weight excluding hydrogens is 387 g/mol. The molecular formula is C21H27NaO5S. The summed E-state index contributed by atoms with van der Waals surface area (Å²) in [5, 5.41) is 12.4. The molecule has 1 N–H and O–H groups in total. The van der Waals surface area contributed by atoms with E-state index < -0.39 is 20.8 Å². The van der Waals surface area contributed by atoms with Gasteiger partial charge in [0.25, 0.3) is 10.1 Å². The normalized spacial score (nSPS) is 11.1. The van der Waals surface area contributed by atoms with Crippen LogP contribution in [-0.4, -0.2) is 13.0 Å². The van der Waals surface area contributed by atoms with Gasteiger partial charge in [-0.2, -0.15) is 8.42 Å². The summed E-state index contributed by atoms with van der Waals surface area (Å²) < 4.78 is 38.2. The van der Waals surface area contributed by atoms with Gasteiger partial charge in [-0.05, 0) is 31.0 Å². The van der Waals surface area contributed by atoms with E-state index in [1.165, 1.54) is 25.7 Å². The summed E-state index contributed by atoms with van der Waals surface area (Å²) >= 11 is 0. The second kappa shape index (κ2) is 12.5. The van der Waals surface area contributed by atoms with Crippen molar-refractivity contribution in [1.29, 1.82) is 0 Å². The standard InChI is InChI=1S/C21H28O5S.Na/c1-2-3-4-5-6-7-9-12-17-15-19(26-18-13-10-8-11-14-18)16-20(21(17)22)27(23,24)25;/h8,10-11,13-16,22H,2-7,9,12H2,1H3,(H,23,24,25);/q;+1/p-1. The predicted molar refractivity (Wildman–Crippen MR) is 104 cm³/mol. The van der Waals surface area contributed by atoms with Crippen LogP contribution in [0.25, 0.3) is 0 Å². The minimum absolute atomic E-state index is 0. The van der Waals surface area contributed by atoms with Crippen LogP contribution in [0.5, 0.6) is 17.2 Å². The summed E-state index contributed by atoms with van der Waals surface area (Å²) in [4.78, 5) is -0.631. The van der Waals surface area contributed by atoms with Gasteiger partial charge in [0.1, 0.15) is 11.5 Å². The second-order valence-corrected chi connectivity index (χ2v) is 8.06. The molecule has 0 aliphatic carbocycles. The van der Waals surface area contributed by atoms with Crippen molar-refractivity contribution in [2.24, 2.45) is 0 Å². The zero-order chi connectivity index (χ0) is 19.7. The molecule has 7 heteroatoms. The van der Waals surface area contributed by atoms with E-state index in [1.54, 1.807) is 30.3 Å². The predicted octanol–water partition coefficient (Wildman–Crippen LogP) is 2.10. The number of rotatable bonds is 11. The number of hydrogen-bond donors (Lipinski definition) is 1. The Labute approximate surface area is 190 Å². The fraction of sp³-hybridized carbons (Fsp3) is 0.429. The minimum Gasteiger partial charge on any atom is -0.871 e. The SMILES string of the molecule is CCCCCCCCCc1cc(Oc2ccccc2)cc(S(=O)(=O)O)c1[O-].[Na+]. The maximum Gasteiger partial charge on any atom is 1.00 e. The summed E-state index contributed by atoms with van der Waals surface area (Å²) in [5.41, 5.74) is 0.351. The zero-order valence-electron chi connectivity index (χ0n) is 16.7. The third-order valence-electron chi connectivity index (χ3n) is 4.41. The molecule has 0 unspecified atom stereocenters. The molecule has 0 aliphatic heterocycles. The van der Waals surface area contributed by atoms with Crippen LogP contribution >= 0.6 is 0 Å². The fourth-order valence-corrected chi connectivity index (χ4v) is 3.60. The monoisotopic (exact) mass is 414 g/mol. The molecule has 0 spiro atoms. The van der Waals surface area contributed by atoms with Gasteiger partial charge in [-0.1, -0.05) is 75.0 Å². The van der Waals surface area contributed by atoms with Crippen molar-refractivity contribution in [2.45, 2.75) is 63.2 Å². The van der Waals surface area contributed by atoms with Gasteiger partial charge in [-0.15, -0.1) is 0 Å². The van der Waals surface area contributed by atoms with Crippen LogP contribution < -0.4 is 39.4 Å². The van der Waals surface area contributed by atoms with Crippen LogP contribution in [0.15, 0.2) is 47.4 Å². The van der Waals surface area contributed by atoms with E-state index in [1.807, 2.05) is 6.07 Å². The molecule has 0 amide bonds. The maximum atomic E-state index is 12.4. The van der Waals surface area contributed by atoms with Crippen LogP contribution in [0.3, 0.4) is 0 Å². The molecule has 0 aliphatic rings. The third-order valence-corrected chi connectivity index (χ3v) is 5.27. The largest absolute Gasteiger partial charge is 1.00 e. The molecule has 0 atom stereocenters. The summed E-state index contributed by atoms with van der Waals surface area (Å²) in [6.45, 7) is 2.17. The van der Waals surface area contributed by atoms with Crippen molar-refractivity contribution in [3.63, 3.8) is 0 Å². The fourth-order valence-electron chi connectivity index (χ4n) is 2.97.